The van der Waals surface area contributed by atoms with E-state index in [0.29, 0.717) is 5.02 Å². The first kappa shape index (κ1) is 17.0. The summed E-state index contributed by atoms with van der Waals surface area (Å²) in [6, 6.07) is 9.83. The molecule has 0 radical (unpaired) electrons. The van der Waals surface area contributed by atoms with Crippen molar-refractivity contribution in [2.24, 2.45) is 5.92 Å². The highest BCUT2D eigenvalue weighted by atomic mass is 35.5. The maximum Gasteiger partial charge on any atom is 0.313 e. The van der Waals surface area contributed by atoms with Gasteiger partial charge in [-0.2, -0.15) is 0 Å². The molecule has 1 N–H and O–H groups in total. The largest absolute Gasteiger partial charge is 0.425 e. The molecule has 0 saturated heterocycles. The average molecular weight is 336 g/mol. The molecule has 2 rings (SSSR count). The molecule has 23 heavy (non-hydrogen) atoms. The molecule has 0 spiro atoms. The molecule has 2 aromatic carbocycles. The molecule has 2 aromatic rings. The van der Waals surface area contributed by atoms with Gasteiger partial charge in [0.2, 0.25) is 0 Å². The van der Waals surface area contributed by atoms with Gasteiger partial charge in [-0.3, -0.25) is 9.59 Å². The first-order valence-electron chi connectivity index (χ1n) is 6.95. The summed E-state index contributed by atoms with van der Waals surface area (Å²) in [5.41, 5.74) is 0.381. The number of hydrogen-bond donors (Lipinski definition) is 1. The van der Waals surface area contributed by atoms with Crippen molar-refractivity contribution in [3.63, 3.8) is 0 Å². The van der Waals surface area contributed by atoms with Crippen LogP contribution in [0.5, 0.6) is 5.75 Å². The Morgan fingerprint density at radius 1 is 1.17 bits per heavy atom. The van der Waals surface area contributed by atoms with Crippen LogP contribution in [0.25, 0.3) is 0 Å². The van der Waals surface area contributed by atoms with Gasteiger partial charge in [0.05, 0.1) is 11.5 Å². The van der Waals surface area contributed by atoms with Crippen molar-refractivity contribution in [3.05, 3.63) is 58.9 Å². The predicted molar refractivity (Wildman–Crippen MR) is 86.3 cm³/mol. The van der Waals surface area contributed by atoms with Crippen LogP contribution in [0.1, 0.15) is 24.2 Å². The molecule has 0 saturated carbocycles. The van der Waals surface area contributed by atoms with Crippen LogP contribution < -0.4 is 10.1 Å². The van der Waals surface area contributed by atoms with E-state index in [9.17, 15) is 14.0 Å². The van der Waals surface area contributed by atoms with Gasteiger partial charge in [-0.25, -0.2) is 4.39 Å². The van der Waals surface area contributed by atoms with Crippen molar-refractivity contribution in [3.8, 4) is 5.75 Å². The fraction of sp³-hybridized carbons (Fsp3) is 0.176. The van der Waals surface area contributed by atoms with E-state index in [0.717, 1.165) is 0 Å². The van der Waals surface area contributed by atoms with Crippen LogP contribution >= 0.6 is 11.6 Å². The SMILES string of the molecule is CC(C)C(=O)Oc1ccc(Cl)cc1C(=O)Nc1cccc(F)c1. The van der Waals surface area contributed by atoms with Crippen LogP contribution in [0.15, 0.2) is 42.5 Å². The highest BCUT2D eigenvalue weighted by molar-refractivity contribution is 6.31. The molecule has 0 aliphatic rings. The molecule has 0 atom stereocenters. The smallest absolute Gasteiger partial charge is 0.313 e. The van der Waals surface area contributed by atoms with E-state index in [-0.39, 0.29) is 22.9 Å². The van der Waals surface area contributed by atoms with Crippen LogP contribution in [0.3, 0.4) is 0 Å². The van der Waals surface area contributed by atoms with E-state index in [1.807, 2.05) is 0 Å². The van der Waals surface area contributed by atoms with Gasteiger partial charge in [0.1, 0.15) is 11.6 Å². The van der Waals surface area contributed by atoms with Gasteiger partial charge in [-0.1, -0.05) is 31.5 Å². The van der Waals surface area contributed by atoms with Gasteiger partial charge in [0.15, 0.2) is 0 Å². The van der Waals surface area contributed by atoms with Crippen LogP contribution in [0.4, 0.5) is 10.1 Å². The summed E-state index contributed by atoms with van der Waals surface area (Å²) < 4.78 is 18.4. The van der Waals surface area contributed by atoms with Crippen molar-refractivity contribution in [1.29, 1.82) is 0 Å². The first-order valence-corrected chi connectivity index (χ1v) is 7.33. The molecule has 1 amide bonds. The summed E-state index contributed by atoms with van der Waals surface area (Å²) >= 11 is 5.91. The lowest BCUT2D eigenvalue weighted by molar-refractivity contribution is -0.137. The minimum atomic E-state index is -0.551. The zero-order chi connectivity index (χ0) is 17.0. The fourth-order valence-electron chi connectivity index (χ4n) is 1.76. The predicted octanol–water partition coefficient (Wildman–Crippen LogP) is 4.29. The molecule has 0 fully saturated rings. The molecule has 4 nitrogen and oxygen atoms in total. The highest BCUT2D eigenvalue weighted by Crippen LogP contribution is 2.25. The topological polar surface area (TPSA) is 55.4 Å². The van der Waals surface area contributed by atoms with E-state index < -0.39 is 17.7 Å². The van der Waals surface area contributed by atoms with Gasteiger partial charge in [0.25, 0.3) is 5.91 Å². The summed E-state index contributed by atoms with van der Waals surface area (Å²) in [4.78, 5) is 24.1. The Hall–Kier alpha value is -2.40. The molecule has 0 unspecified atom stereocenters. The van der Waals surface area contributed by atoms with Crippen LogP contribution in [-0.4, -0.2) is 11.9 Å². The van der Waals surface area contributed by atoms with E-state index in [2.05, 4.69) is 5.32 Å². The van der Waals surface area contributed by atoms with E-state index >= 15 is 0 Å². The van der Waals surface area contributed by atoms with Crippen molar-refractivity contribution >= 4 is 29.2 Å². The number of amides is 1. The number of esters is 1. The summed E-state index contributed by atoms with van der Waals surface area (Å²) in [5.74, 6) is -1.73. The lowest BCUT2D eigenvalue weighted by Crippen LogP contribution is -2.19. The van der Waals surface area contributed by atoms with Crippen molar-refractivity contribution in [1.82, 2.24) is 0 Å². The van der Waals surface area contributed by atoms with Crippen molar-refractivity contribution in [2.45, 2.75) is 13.8 Å². The lowest BCUT2D eigenvalue weighted by atomic mass is 10.1. The second kappa shape index (κ2) is 7.24. The Labute approximate surface area is 138 Å². The zero-order valence-corrected chi connectivity index (χ0v) is 13.4. The lowest BCUT2D eigenvalue weighted by Gasteiger charge is -2.12. The summed E-state index contributed by atoms with van der Waals surface area (Å²) in [7, 11) is 0. The molecule has 0 aliphatic carbocycles. The number of carbonyl (C=O) groups is 2. The molecule has 0 heterocycles. The van der Waals surface area contributed by atoms with Crippen molar-refractivity contribution < 1.29 is 18.7 Å². The molecule has 0 aliphatic heterocycles. The van der Waals surface area contributed by atoms with E-state index in [1.165, 1.54) is 36.4 Å². The van der Waals surface area contributed by atoms with Gasteiger partial charge < -0.3 is 10.1 Å². The van der Waals surface area contributed by atoms with Crippen LogP contribution in [-0.2, 0) is 4.79 Å². The van der Waals surface area contributed by atoms with Crippen molar-refractivity contribution in [2.75, 3.05) is 5.32 Å². The Bertz CT molecular complexity index is 746. The van der Waals surface area contributed by atoms with Gasteiger partial charge in [-0.05, 0) is 36.4 Å². The van der Waals surface area contributed by atoms with E-state index in [4.69, 9.17) is 16.3 Å². The minimum absolute atomic E-state index is 0.0933. The van der Waals surface area contributed by atoms with Crippen LogP contribution in [0.2, 0.25) is 5.02 Å². The number of carbonyl (C=O) groups excluding carboxylic acids is 2. The Balaban J connectivity index is 2.28. The molecule has 6 heteroatoms. The average Bonchev–Trinajstić information content (AvgIpc) is 2.48. The Morgan fingerprint density at radius 3 is 2.57 bits per heavy atom. The third-order valence-corrected chi connectivity index (χ3v) is 3.19. The number of nitrogens with one attached hydrogen (secondary N) is 1. The maximum absolute atomic E-state index is 13.2. The second-order valence-electron chi connectivity index (χ2n) is 5.18. The van der Waals surface area contributed by atoms with E-state index in [1.54, 1.807) is 19.9 Å². The highest BCUT2D eigenvalue weighted by Gasteiger charge is 2.18. The quantitative estimate of drug-likeness (QED) is 0.669. The Morgan fingerprint density at radius 2 is 1.91 bits per heavy atom. The van der Waals surface area contributed by atoms with Gasteiger partial charge in [-0.15, -0.1) is 0 Å². The number of benzene rings is 2. The Kier molecular flexibility index (Phi) is 5.34. The van der Waals surface area contributed by atoms with Gasteiger partial charge >= 0.3 is 5.97 Å². The second-order valence-corrected chi connectivity index (χ2v) is 5.62. The number of hydrogen-bond acceptors (Lipinski definition) is 3. The number of anilines is 1. The third kappa shape index (κ3) is 4.53. The summed E-state index contributed by atoms with van der Waals surface area (Å²) in [6.45, 7) is 3.37. The molecule has 0 aromatic heterocycles. The standard InChI is InChI=1S/C17H15ClFNO3/c1-10(2)17(22)23-15-7-6-11(18)8-14(15)16(21)20-13-5-3-4-12(19)9-13/h3-10H,1-2H3,(H,20,21). The van der Waals surface area contributed by atoms with Gasteiger partial charge in [0, 0.05) is 10.7 Å². The molecular weight excluding hydrogens is 321 g/mol. The summed E-state index contributed by atoms with van der Waals surface area (Å²) in [5, 5.41) is 2.86. The number of ether oxygens (including phenoxy) is 1. The number of halogens is 2. The first-order chi connectivity index (χ1) is 10.9. The normalized spacial score (nSPS) is 10.5. The molecule has 0 bridgehead atoms. The third-order valence-electron chi connectivity index (χ3n) is 2.95. The number of rotatable bonds is 4. The summed E-state index contributed by atoms with van der Waals surface area (Å²) in [6.07, 6.45) is 0. The maximum atomic E-state index is 13.2. The zero-order valence-electron chi connectivity index (χ0n) is 12.6. The minimum Gasteiger partial charge on any atom is -0.425 e. The molecular formula is C17H15ClFNO3. The fourth-order valence-corrected chi connectivity index (χ4v) is 1.93. The van der Waals surface area contributed by atoms with Crippen LogP contribution in [0, 0.1) is 11.7 Å². The molecule has 120 valence electrons. The monoisotopic (exact) mass is 335 g/mol.